The Morgan fingerprint density at radius 3 is 2.60 bits per heavy atom. The summed E-state index contributed by atoms with van der Waals surface area (Å²) < 4.78 is 5.45. The molecule has 1 aliphatic rings. The van der Waals surface area contributed by atoms with Gasteiger partial charge < -0.3 is 20.3 Å². The first-order valence-electron chi connectivity index (χ1n) is 8.85. The number of piperidine rings is 1. The summed E-state index contributed by atoms with van der Waals surface area (Å²) in [6.07, 6.45) is 1.89. The second-order valence-electron chi connectivity index (χ2n) is 6.16. The molecule has 25 heavy (non-hydrogen) atoms. The molecular formula is C20H25N3O2. The van der Waals surface area contributed by atoms with Gasteiger partial charge in [0, 0.05) is 36.6 Å². The van der Waals surface area contributed by atoms with Gasteiger partial charge in [0.05, 0.1) is 6.61 Å². The molecule has 3 rings (SSSR count). The van der Waals surface area contributed by atoms with Crippen molar-refractivity contribution in [3.05, 3.63) is 54.6 Å². The van der Waals surface area contributed by atoms with E-state index in [2.05, 4.69) is 39.8 Å². The Kier molecular flexibility index (Phi) is 5.77. The van der Waals surface area contributed by atoms with E-state index in [0.717, 1.165) is 37.4 Å². The highest BCUT2D eigenvalue weighted by Gasteiger charge is 2.20. The topological polar surface area (TPSA) is 53.6 Å². The van der Waals surface area contributed by atoms with Gasteiger partial charge in [-0.3, -0.25) is 0 Å². The van der Waals surface area contributed by atoms with Crippen molar-refractivity contribution in [2.75, 3.05) is 29.9 Å². The molecule has 0 aromatic heterocycles. The summed E-state index contributed by atoms with van der Waals surface area (Å²) in [6, 6.07) is 17.9. The molecule has 2 N–H and O–H groups in total. The molecule has 0 spiro atoms. The number of para-hydroxylation sites is 1. The number of hydrogen-bond acceptors (Lipinski definition) is 3. The molecule has 0 radical (unpaired) electrons. The molecule has 1 heterocycles. The van der Waals surface area contributed by atoms with Crippen LogP contribution in [0.2, 0.25) is 0 Å². The van der Waals surface area contributed by atoms with Crippen LogP contribution in [0.1, 0.15) is 19.8 Å². The summed E-state index contributed by atoms with van der Waals surface area (Å²) in [5.41, 5.74) is 1.99. The number of rotatable bonds is 5. The smallest absolute Gasteiger partial charge is 0.319 e. The van der Waals surface area contributed by atoms with E-state index in [4.69, 9.17) is 4.74 Å². The van der Waals surface area contributed by atoms with Crippen LogP contribution in [0.3, 0.4) is 0 Å². The summed E-state index contributed by atoms with van der Waals surface area (Å²) in [4.78, 5) is 14.6. The Balaban J connectivity index is 1.47. The van der Waals surface area contributed by atoms with Gasteiger partial charge in [-0.25, -0.2) is 4.79 Å². The van der Waals surface area contributed by atoms with Crippen molar-refractivity contribution < 1.29 is 9.53 Å². The highest BCUT2D eigenvalue weighted by molar-refractivity contribution is 5.89. The average Bonchev–Trinajstić information content (AvgIpc) is 2.63. The van der Waals surface area contributed by atoms with Crippen LogP contribution in [0.4, 0.5) is 16.2 Å². The lowest BCUT2D eigenvalue weighted by atomic mass is 10.0. The number of amides is 2. The van der Waals surface area contributed by atoms with Crippen LogP contribution in [0.25, 0.3) is 0 Å². The molecule has 0 bridgehead atoms. The molecule has 0 saturated carbocycles. The van der Waals surface area contributed by atoms with Crippen LogP contribution in [-0.2, 0) is 0 Å². The normalized spacial score (nSPS) is 14.8. The summed E-state index contributed by atoms with van der Waals surface area (Å²) in [6.45, 7) is 4.45. The quantitative estimate of drug-likeness (QED) is 0.869. The van der Waals surface area contributed by atoms with E-state index < -0.39 is 0 Å². The fourth-order valence-corrected chi connectivity index (χ4v) is 3.10. The highest BCUT2D eigenvalue weighted by atomic mass is 16.5. The van der Waals surface area contributed by atoms with E-state index in [1.165, 1.54) is 5.69 Å². The lowest BCUT2D eigenvalue weighted by Crippen LogP contribution is -2.46. The predicted octanol–water partition coefficient (Wildman–Crippen LogP) is 3.88. The number of nitrogens with one attached hydrogen (secondary N) is 2. The molecule has 5 heteroatoms. The number of ether oxygens (including phenoxy) is 1. The third-order valence-electron chi connectivity index (χ3n) is 4.35. The molecule has 0 unspecified atom stereocenters. The molecule has 2 aromatic carbocycles. The number of nitrogens with zero attached hydrogens (tertiary/aromatic N) is 1. The van der Waals surface area contributed by atoms with Crippen molar-refractivity contribution in [2.24, 2.45) is 0 Å². The second-order valence-corrected chi connectivity index (χ2v) is 6.16. The zero-order valence-electron chi connectivity index (χ0n) is 14.6. The molecular weight excluding hydrogens is 314 g/mol. The van der Waals surface area contributed by atoms with Crippen molar-refractivity contribution in [3.8, 4) is 5.75 Å². The van der Waals surface area contributed by atoms with Gasteiger partial charge in [0.15, 0.2) is 0 Å². The number of carbonyl (C=O) groups is 1. The Morgan fingerprint density at radius 1 is 1.12 bits per heavy atom. The summed E-state index contributed by atoms with van der Waals surface area (Å²) in [5, 5.41) is 5.96. The fraction of sp³-hybridized carbons (Fsp3) is 0.350. The number of hydrogen-bond donors (Lipinski definition) is 2. The van der Waals surface area contributed by atoms with Crippen molar-refractivity contribution >= 4 is 17.4 Å². The minimum Gasteiger partial charge on any atom is -0.494 e. The maximum absolute atomic E-state index is 12.2. The standard InChI is InChI=1S/C20H25N3O2/c1-2-25-19-10-6-7-17(15-19)22-20(24)21-16-11-13-23(14-12-16)18-8-4-3-5-9-18/h3-10,15-16H,2,11-14H2,1H3,(H2,21,22,24). The van der Waals surface area contributed by atoms with Gasteiger partial charge in [-0.05, 0) is 44.0 Å². The van der Waals surface area contributed by atoms with Crippen molar-refractivity contribution in [1.29, 1.82) is 0 Å². The number of anilines is 2. The van der Waals surface area contributed by atoms with Gasteiger partial charge >= 0.3 is 6.03 Å². The highest BCUT2D eigenvalue weighted by Crippen LogP contribution is 2.20. The predicted molar refractivity (Wildman–Crippen MR) is 101 cm³/mol. The third kappa shape index (κ3) is 4.89. The molecule has 132 valence electrons. The lowest BCUT2D eigenvalue weighted by Gasteiger charge is -2.33. The van der Waals surface area contributed by atoms with E-state index >= 15 is 0 Å². The van der Waals surface area contributed by atoms with Crippen LogP contribution in [-0.4, -0.2) is 31.8 Å². The minimum atomic E-state index is -0.160. The van der Waals surface area contributed by atoms with Crippen molar-refractivity contribution in [1.82, 2.24) is 5.32 Å². The van der Waals surface area contributed by atoms with Crippen LogP contribution >= 0.6 is 0 Å². The first-order valence-corrected chi connectivity index (χ1v) is 8.85. The van der Waals surface area contributed by atoms with Crippen LogP contribution < -0.4 is 20.3 Å². The molecule has 0 atom stereocenters. The Hall–Kier alpha value is -2.69. The maximum Gasteiger partial charge on any atom is 0.319 e. The SMILES string of the molecule is CCOc1cccc(NC(=O)NC2CCN(c3ccccc3)CC2)c1. The lowest BCUT2D eigenvalue weighted by molar-refractivity contribution is 0.246. The zero-order valence-corrected chi connectivity index (χ0v) is 14.6. The van der Waals surface area contributed by atoms with Gasteiger partial charge in [-0.15, -0.1) is 0 Å². The largest absolute Gasteiger partial charge is 0.494 e. The van der Waals surface area contributed by atoms with E-state index in [1.54, 1.807) is 0 Å². The molecule has 1 fully saturated rings. The number of urea groups is 1. The summed E-state index contributed by atoms with van der Waals surface area (Å²) >= 11 is 0. The van der Waals surface area contributed by atoms with Gasteiger partial charge in [-0.2, -0.15) is 0 Å². The van der Waals surface area contributed by atoms with Gasteiger partial charge in [0.25, 0.3) is 0 Å². The van der Waals surface area contributed by atoms with Gasteiger partial charge in [0.2, 0.25) is 0 Å². The monoisotopic (exact) mass is 339 g/mol. The summed E-state index contributed by atoms with van der Waals surface area (Å²) in [5.74, 6) is 0.761. The fourth-order valence-electron chi connectivity index (χ4n) is 3.10. The maximum atomic E-state index is 12.2. The van der Waals surface area contributed by atoms with E-state index in [-0.39, 0.29) is 12.1 Å². The van der Waals surface area contributed by atoms with E-state index in [0.29, 0.717) is 6.61 Å². The summed E-state index contributed by atoms with van der Waals surface area (Å²) in [7, 11) is 0. The van der Waals surface area contributed by atoms with Crippen molar-refractivity contribution in [2.45, 2.75) is 25.8 Å². The third-order valence-corrected chi connectivity index (χ3v) is 4.35. The number of carbonyl (C=O) groups excluding carboxylic acids is 1. The van der Waals surface area contributed by atoms with Gasteiger partial charge in [-0.1, -0.05) is 24.3 Å². The van der Waals surface area contributed by atoms with Crippen LogP contribution in [0, 0.1) is 0 Å². The Morgan fingerprint density at radius 2 is 1.88 bits per heavy atom. The first-order chi connectivity index (χ1) is 12.2. The first kappa shape index (κ1) is 17.1. The average molecular weight is 339 g/mol. The van der Waals surface area contributed by atoms with E-state index in [9.17, 15) is 4.79 Å². The minimum absolute atomic E-state index is 0.160. The molecule has 5 nitrogen and oxygen atoms in total. The molecule has 1 aliphatic heterocycles. The molecule has 2 aromatic rings. The molecule has 0 aliphatic carbocycles. The van der Waals surface area contributed by atoms with Crippen LogP contribution in [0.15, 0.2) is 54.6 Å². The molecule has 2 amide bonds. The van der Waals surface area contributed by atoms with Crippen LogP contribution in [0.5, 0.6) is 5.75 Å². The Labute approximate surface area is 149 Å². The second kappa shape index (κ2) is 8.42. The zero-order chi connectivity index (χ0) is 17.5. The van der Waals surface area contributed by atoms with Gasteiger partial charge in [0.1, 0.15) is 5.75 Å². The van der Waals surface area contributed by atoms with Crippen molar-refractivity contribution in [3.63, 3.8) is 0 Å². The Bertz CT molecular complexity index is 682. The van der Waals surface area contributed by atoms with E-state index in [1.807, 2.05) is 37.3 Å². The molecule has 1 saturated heterocycles. The number of benzene rings is 2.